The number of nitrogens with one attached hydrogen (secondary N) is 6. The number of hydrogen-bond donors (Lipinski definition) is 11. The molecule has 42 heavy (non-hydrogen) atoms. The number of rotatable bonds is 23. The maximum atomic E-state index is 12.7. The van der Waals surface area contributed by atoms with Gasteiger partial charge in [0.25, 0.3) is 0 Å². The Bertz CT molecular complexity index is 912. The number of primary amides is 1. The Balaban J connectivity index is 5.03. The van der Waals surface area contributed by atoms with E-state index in [9.17, 15) is 28.8 Å². The molecule has 0 unspecified atom stereocenters. The smallest absolute Gasteiger partial charge is 0.243 e. The Labute approximate surface area is 245 Å². The average Bonchev–Trinajstić information content (AvgIpc) is 2.93. The Kier molecular flexibility index (Phi) is 20.5. The summed E-state index contributed by atoms with van der Waals surface area (Å²) in [4.78, 5) is 77.7. The quantitative estimate of drug-likeness (QED) is 0.0298. The third-order valence-corrected chi connectivity index (χ3v) is 5.75. The number of amides is 6. The zero-order valence-electron chi connectivity index (χ0n) is 24.2. The largest absolute Gasteiger partial charge is 0.370 e. The SMILES string of the molecule is CNCC(=O)N[C@H](CCCN=C(N)N)C(=O)NCC(=O)N[C@H](CCCN)C(=O)NCC(=O)N[C@H](CCCCN)C(N)=O. The van der Waals surface area contributed by atoms with Crippen LogP contribution in [0.2, 0.25) is 0 Å². The Morgan fingerprint density at radius 3 is 1.52 bits per heavy atom. The number of likely N-dealkylation sites (N-methyl/N-ethyl adjacent to an activating group) is 1. The van der Waals surface area contributed by atoms with E-state index in [1.807, 2.05) is 0 Å². The van der Waals surface area contributed by atoms with E-state index in [0.29, 0.717) is 38.6 Å². The van der Waals surface area contributed by atoms with Crippen LogP contribution in [-0.2, 0) is 28.8 Å². The van der Waals surface area contributed by atoms with Crippen LogP contribution in [0.1, 0.15) is 44.9 Å². The summed E-state index contributed by atoms with van der Waals surface area (Å²) in [5, 5.41) is 15.1. The van der Waals surface area contributed by atoms with Gasteiger partial charge in [-0.3, -0.25) is 33.8 Å². The van der Waals surface area contributed by atoms with E-state index in [2.05, 4.69) is 36.9 Å². The Hall–Kier alpha value is -4.03. The van der Waals surface area contributed by atoms with Gasteiger partial charge in [-0.05, 0) is 65.1 Å². The summed E-state index contributed by atoms with van der Waals surface area (Å²) in [6.45, 7) is -0.0505. The van der Waals surface area contributed by atoms with Gasteiger partial charge in [0.2, 0.25) is 35.4 Å². The van der Waals surface area contributed by atoms with Crippen molar-refractivity contribution in [3.05, 3.63) is 0 Å². The second-order valence-corrected chi connectivity index (χ2v) is 9.39. The van der Waals surface area contributed by atoms with Crippen molar-refractivity contribution >= 4 is 41.4 Å². The number of aliphatic imine (C=N–C) groups is 1. The lowest BCUT2D eigenvalue weighted by Gasteiger charge is -2.21. The van der Waals surface area contributed by atoms with Gasteiger partial charge in [0, 0.05) is 6.54 Å². The molecule has 0 aliphatic heterocycles. The molecule has 18 heteroatoms. The third-order valence-electron chi connectivity index (χ3n) is 5.75. The molecule has 0 heterocycles. The van der Waals surface area contributed by atoms with Crippen LogP contribution in [0, 0.1) is 0 Å². The minimum Gasteiger partial charge on any atom is -0.370 e. The summed E-state index contributed by atoms with van der Waals surface area (Å²) in [6, 6.07) is -2.91. The lowest BCUT2D eigenvalue weighted by atomic mass is 10.1. The molecular weight excluding hydrogens is 552 g/mol. The molecule has 3 atom stereocenters. The Morgan fingerprint density at radius 2 is 1.07 bits per heavy atom. The van der Waals surface area contributed by atoms with Gasteiger partial charge < -0.3 is 60.6 Å². The second kappa shape index (κ2) is 22.6. The van der Waals surface area contributed by atoms with Crippen molar-refractivity contribution in [2.45, 2.75) is 63.1 Å². The average molecular weight is 601 g/mol. The molecule has 0 bridgehead atoms. The summed E-state index contributed by atoms with van der Waals surface area (Å²) in [5.74, 6) is -3.83. The van der Waals surface area contributed by atoms with Crippen molar-refractivity contribution in [2.24, 2.45) is 33.7 Å². The van der Waals surface area contributed by atoms with Crippen LogP contribution in [0.15, 0.2) is 4.99 Å². The van der Waals surface area contributed by atoms with Crippen molar-refractivity contribution in [3.8, 4) is 0 Å². The van der Waals surface area contributed by atoms with Crippen LogP contribution < -0.4 is 60.6 Å². The van der Waals surface area contributed by atoms with E-state index >= 15 is 0 Å². The minimum absolute atomic E-state index is 0.0222. The van der Waals surface area contributed by atoms with E-state index in [1.54, 1.807) is 7.05 Å². The Morgan fingerprint density at radius 1 is 0.619 bits per heavy atom. The second-order valence-electron chi connectivity index (χ2n) is 9.39. The highest BCUT2D eigenvalue weighted by molar-refractivity contribution is 5.94. The fourth-order valence-electron chi connectivity index (χ4n) is 3.62. The fourth-order valence-corrected chi connectivity index (χ4v) is 3.62. The zero-order valence-corrected chi connectivity index (χ0v) is 24.2. The van der Waals surface area contributed by atoms with Crippen LogP contribution in [0.25, 0.3) is 0 Å². The van der Waals surface area contributed by atoms with Crippen molar-refractivity contribution in [1.29, 1.82) is 0 Å². The number of carbonyl (C=O) groups is 6. The summed E-state index contributed by atoms with van der Waals surface area (Å²) in [5.41, 5.74) is 26.9. The van der Waals surface area contributed by atoms with E-state index in [0.717, 1.165) is 0 Å². The monoisotopic (exact) mass is 600 g/mol. The first kappa shape index (κ1) is 38.0. The van der Waals surface area contributed by atoms with Crippen LogP contribution in [-0.4, -0.2) is 106 Å². The molecule has 0 aromatic heterocycles. The molecule has 0 radical (unpaired) electrons. The first-order valence-corrected chi connectivity index (χ1v) is 13.8. The predicted molar refractivity (Wildman–Crippen MR) is 156 cm³/mol. The standard InChI is InChI=1S/C24H48N12O6/c1-30-12-18(37)35-17(8-5-11-31-24(28)29)23(42)33-14-20(39)36-16(7-4-10-26)22(41)32-13-19(38)34-15(21(27)40)6-2-3-9-25/h15-17,30H,2-14,25-26H2,1H3,(H2,27,40)(H,32,41)(H,33,42)(H,34,38)(H,35,37)(H,36,39)(H4,28,29,31)/t15-,16-,17-/m1/s1. The summed E-state index contributed by atoms with van der Waals surface area (Å²) < 4.78 is 0. The number of carbonyl (C=O) groups excluding carboxylic acids is 6. The number of hydrogen-bond acceptors (Lipinski definition) is 10. The maximum Gasteiger partial charge on any atom is 0.243 e. The lowest BCUT2D eigenvalue weighted by Crippen LogP contribution is -2.54. The fraction of sp³-hybridized carbons (Fsp3) is 0.708. The summed E-state index contributed by atoms with van der Waals surface area (Å²) in [7, 11) is 1.57. The van der Waals surface area contributed by atoms with Gasteiger partial charge in [0.05, 0.1) is 19.6 Å². The topological polar surface area (TPSA) is 317 Å². The normalized spacial score (nSPS) is 12.6. The first-order valence-electron chi connectivity index (χ1n) is 13.8. The highest BCUT2D eigenvalue weighted by atomic mass is 16.2. The molecule has 0 saturated heterocycles. The number of nitrogens with zero attached hydrogens (tertiary/aromatic N) is 1. The molecule has 0 saturated carbocycles. The molecule has 0 aliphatic carbocycles. The van der Waals surface area contributed by atoms with Crippen LogP contribution >= 0.6 is 0 Å². The molecule has 0 aliphatic rings. The van der Waals surface area contributed by atoms with Gasteiger partial charge in [-0.1, -0.05) is 0 Å². The van der Waals surface area contributed by atoms with Gasteiger partial charge in [-0.25, -0.2) is 0 Å². The molecule has 0 rings (SSSR count). The van der Waals surface area contributed by atoms with Crippen LogP contribution in [0.3, 0.4) is 0 Å². The molecule has 0 fully saturated rings. The zero-order chi connectivity index (χ0) is 31.9. The van der Waals surface area contributed by atoms with Crippen LogP contribution in [0.5, 0.6) is 0 Å². The van der Waals surface area contributed by atoms with Crippen molar-refractivity contribution in [1.82, 2.24) is 31.9 Å². The molecule has 0 aromatic rings. The maximum absolute atomic E-state index is 12.7. The highest BCUT2D eigenvalue weighted by Gasteiger charge is 2.24. The van der Waals surface area contributed by atoms with Gasteiger partial charge in [-0.15, -0.1) is 0 Å². The van der Waals surface area contributed by atoms with E-state index in [-0.39, 0.29) is 38.4 Å². The predicted octanol–water partition coefficient (Wildman–Crippen LogP) is -5.70. The van der Waals surface area contributed by atoms with E-state index < -0.39 is 66.7 Å². The lowest BCUT2D eigenvalue weighted by molar-refractivity contribution is -0.132. The van der Waals surface area contributed by atoms with Crippen molar-refractivity contribution in [3.63, 3.8) is 0 Å². The molecule has 18 nitrogen and oxygen atoms in total. The molecule has 240 valence electrons. The molecule has 0 aromatic carbocycles. The van der Waals surface area contributed by atoms with Crippen molar-refractivity contribution < 1.29 is 28.8 Å². The van der Waals surface area contributed by atoms with E-state index in [1.165, 1.54) is 0 Å². The molecule has 6 amide bonds. The highest BCUT2D eigenvalue weighted by Crippen LogP contribution is 2.01. The number of unbranched alkanes of at least 4 members (excludes halogenated alkanes) is 1. The summed E-state index contributed by atoms with van der Waals surface area (Å²) in [6.07, 6.45) is 2.68. The third kappa shape index (κ3) is 18.3. The molecular formula is C24H48N12O6. The number of nitrogens with two attached hydrogens (primary N) is 5. The van der Waals surface area contributed by atoms with E-state index in [4.69, 9.17) is 28.7 Å². The number of guanidine groups is 1. The summed E-state index contributed by atoms with van der Waals surface area (Å²) >= 11 is 0. The van der Waals surface area contributed by atoms with Crippen LogP contribution in [0.4, 0.5) is 0 Å². The molecule has 0 spiro atoms. The van der Waals surface area contributed by atoms with Crippen molar-refractivity contribution in [2.75, 3.05) is 46.3 Å². The van der Waals surface area contributed by atoms with Gasteiger partial charge in [-0.2, -0.15) is 0 Å². The van der Waals surface area contributed by atoms with Gasteiger partial charge in [0.15, 0.2) is 5.96 Å². The minimum atomic E-state index is -1.05. The first-order chi connectivity index (χ1) is 19.9. The molecule has 16 N–H and O–H groups in total. The van der Waals surface area contributed by atoms with Gasteiger partial charge in [0.1, 0.15) is 18.1 Å². The van der Waals surface area contributed by atoms with Gasteiger partial charge >= 0.3 is 0 Å².